The number of nitrogens with zero attached hydrogens (tertiary/aromatic N) is 3. The van der Waals surface area contributed by atoms with Crippen LogP contribution in [0.5, 0.6) is 11.5 Å². The van der Waals surface area contributed by atoms with Gasteiger partial charge in [-0.15, -0.1) is 10.2 Å². The lowest BCUT2D eigenvalue weighted by Gasteiger charge is -2.16. The van der Waals surface area contributed by atoms with Gasteiger partial charge >= 0.3 is 0 Å². The molecule has 0 saturated carbocycles. The molecule has 1 heterocycles. The number of ether oxygens (including phenoxy) is 2. The molecule has 1 unspecified atom stereocenters. The number of amides is 1. The number of thioether (sulfide) groups is 1. The van der Waals surface area contributed by atoms with Crippen molar-refractivity contribution in [3.05, 3.63) is 58.9 Å². The molecule has 0 radical (unpaired) electrons. The highest BCUT2D eigenvalue weighted by molar-refractivity contribution is 8.00. The summed E-state index contributed by atoms with van der Waals surface area (Å²) in [7, 11) is 1.62. The number of carbonyl (C=O) groups is 1. The number of hydrogen-bond acceptors (Lipinski definition) is 6. The first-order chi connectivity index (χ1) is 15.3. The van der Waals surface area contributed by atoms with E-state index in [2.05, 4.69) is 15.5 Å². The molecule has 1 aromatic heterocycles. The van der Waals surface area contributed by atoms with Gasteiger partial charge in [0, 0.05) is 11.1 Å². The first-order valence-electron chi connectivity index (χ1n) is 10.2. The van der Waals surface area contributed by atoms with Gasteiger partial charge in [0.05, 0.1) is 18.0 Å². The minimum absolute atomic E-state index is 0.0579. The van der Waals surface area contributed by atoms with Crippen molar-refractivity contribution in [2.75, 3.05) is 7.11 Å². The Morgan fingerprint density at radius 1 is 1.12 bits per heavy atom. The monoisotopic (exact) mass is 474 g/mol. The Morgan fingerprint density at radius 2 is 1.81 bits per heavy atom. The molecule has 0 fully saturated rings. The molecule has 3 rings (SSSR count). The van der Waals surface area contributed by atoms with Crippen molar-refractivity contribution >= 4 is 29.3 Å². The van der Waals surface area contributed by atoms with E-state index in [1.807, 2.05) is 74.7 Å². The normalized spacial score (nSPS) is 12.0. The van der Waals surface area contributed by atoms with Gasteiger partial charge in [-0.1, -0.05) is 29.4 Å². The van der Waals surface area contributed by atoms with Crippen LogP contribution in [0.3, 0.4) is 0 Å². The summed E-state index contributed by atoms with van der Waals surface area (Å²) in [5.41, 5.74) is 1.77. The molecule has 170 valence electrons. The molecular weight excluding hydrogens is 448 g/mol. The summed E-state index contributed by atoms with van der Waals surface area (Å²) in [5, 5.41) is 12.5. The minimum Gasteiger partial charge on any atom is -0.497 e. The van der Waals surface area contributed by atoms with Crippen molar-refractivity contribution in [3.8, 4) is 17.2 Å². The highest BCUT2D eigenvalue weighted by Crippen LogP contribution is 2.29. The Balaban J connectivity index is 1.88. The number of halogens is 1. The Labute approximate surface area is 197 Å². The van der Waals surface area contributed by atoms with Gasteiger partial charge in [0.15, 0.2) is 11.0 Å². The molecule has 1 atom stereocenters. The topological polar surface area (TPSA) is 78.3 Å². The zero-order valence-electron chi connectivity index (χ0n) is 18.8. The van der Waals surface area contributed by atoms with Crippen molar-refractivity contribution in [1.29, 1.82) is 0 Å². The third kappa shape index (κ3) is 5.95. The van der Waals surface area contributed by atoms with Gasteiger partial charge in [0.2, 0.25) is 5.91 Å². The molecule has 0 aliphatic carbocycles. The molecule has 0 aliphatic heterocycles. The average Bonchev–Trinajstić information content (AvgIpc) is 3.16. The molecule has 1 amide bonds. The summed E-state index contributed by atoms with van der Waals surface area (Å²) in [6, 6.07) is 13.1. The maximum Gasteiger partial charge on any atom is 0.233 e. The fourth-order valence-corrected chi connectivity index (χ4v) is 3.95. The Hall–Kier alpha value is -2.71. The first-order valence-corrected chi connectivity index (χ1v) is 11.5. The van der Waals surface area contributed by atoms with Crippen LogP contribution in [-0.4, -0.2) is 39.1 Å². The van der Waals surface area contributed by atoms with E-state index in [0.717, 1.165) is 17.0 Å². The van der Waals surface area contributed by atoms with Crippen LogP contribution in [-0.2, 0) is 11.4 Å². The second-order valence-corrected chi connectivity index (χ2v) is 9.27. The van der Waals surface area contributed by atoms with Crippen LogP contribution in [0.15, 0.2) is 47.6 Å². The van der Waals surface area contributed by atoms with Crippen molar-refractivity contribution in [2.45, 2.75) is 50.8 Å². The predicted octanol–water partition coefficient (Wildman–Crippen LogP) is 4.82. The molecule has 9 heteroatoms. The third-order valence-electron chi connectivity index (χ3n) is 4.62. The molecule has 0 aliphatic rings. The Kier molecular flexibility index (Phi) is 8.04. The van der Waals surface area contributed by atoms with E-state index in [-0.39, 0.29) is 23.8 Å². The van der Waals surface area contributed by atoms with Crippen LogP contribution < -0.4 is 14.8 Å². The molecule has 32 heavy (non-hydrogen) atoms. The van der Waals surface area contributed by atoms with Crippen LogP contribution in [0.2, 0.25) is 5.02 Å². The zero-order valence-corrected chi connectivity index (χ0v) is 20.3. The minimum atomic E-state index is -0.350. The number of nitrogens with one attached hydrogen (secondary N) is 1. The van der Waals surface area contributed by atoms with Gasteiger partial charge in [-0.2, -0.15) is 0 Å². The summed E-state index contributed by atoms with van der Waals surface area (Å²) in [6.07, 6.45) is 0. The van der Waals surface area contributed by atoms with E-state index >= 15 is 0 Å². The van der Waals surface area contributed by atoms with E-state index in [0.29, 0.717) is 21.8 Å². The quantitative estimate of drug-likeness (QED) is 0.448. The van der Waals surface area contributed by atoms with E-state index in [1.165, 1.54) is 11.8 Å². The first kappa shape index (κ1) is 23.9. The van der Waals surface area contributed by atoms with Crippen molar-refractivity contribution < 1.29 is 14.3 Å². The zero-order chi connectivity index (χ0) is 23.3. The summed E-state index contributed by atoms with van der Waals surface area (Å²) < 4.78 is 13.0. The van der Waals surface area contributed by atoms with Crippen LogP contribution in [0.25, 0.3) is 5.69 Å². The third-order valence-corrected chi connectivity index (χ3v) is 6.07. The molecule has 0 spiro atoms. The number of hydrogen-bond donors (Lipinski definition) is 1. The van der Waals surface area contributed by atoms with Gasteiger partial charge in [-0.3, -0.25) is 9.36 Å². The number of rotatable bonds is 9. The molecule has 2 aromatic carbocycles. The Morgan fingerprint density at radius 3 is 2.44 bits per heavy atom. The number of aryl methyl sites for hydroxylation is 1. The van der Waals surface area contributed by atoms with E-state index in [4.69, 9.17) is 21.1 Å². The maximum absolute atomic E-state index is 12.4. The lowest BCUT2D eigenvalue weighted by atomic mass is 10.2. The SMILES string of the molecule is COc1ccc(OCc2nnc(SC(C)C(=O)NC(C)C)n2-c2ccc(C)c(Cl)c2)cc1. The molecule has 1 N–H and O–H groups in total. The highest BCUT2D eigenvalue weighted by atomic mass is 35.5. The van der Waals surface area contributed by atoms with Crippen LogP contribution in [0.1, 0.15) is 32.2 Å². The maximum atomic E-state index is 12.4. The standard InChI is InChI=1S/C23H27ClN4O3S/c1-14(2)25-22(29)16(4)32-23-27-26-21(13-31-19-10-8-18(30-5)9-11-19)28(23)17-7-6-15(3)20(24)12-17/h6-12,14,16H,13H2,1-5H3,(H,25,29). The molecule has 0 saturated heterocycles. The van der Waals surface area contributed by atoms with Crippen LogP contribution in [0, 0.1) is 6.92 Å². The number of aromatic nitrogens is 3. The van der Waals surface area contributed by atoms with E-state index in [9.17, 15) is 4.79 Å². The van der Waals surface area contributed by atoms with Crippen molar-refractivity contribution in [2.24, 2.45) is 0 Å². The molecular formula is C23H27ClN4O3S. The molecule has 3 aromatic rings. The fourth-order valence-electron chi connectivity index (χ4n) is 2.88. The molecule has 7 nitrogen and oxygen atoms in total. The number of carbonyl (C=O) groups excluding carboxylic acids is 1. The predicted molar refractivity (Wildman–Crippen MR) is 127 cm³/mol. The lowest BCUT2D eigenvalue weighted by molar-refractivity contribution is -0.120. The second-order valence-electron chi connectivity index (χ2n) is 7.56. The van der Waals surface area contributed by atoms with Gasteiger partial charge < -0.3 is 14.8 Å². The fraction of sp³-hybridized carbons (Fsp3) is 0.348. The van der Waals surface area contributed by atoms with E-state index < -0.39 is 0 Å². The van der Waals surface area contributed by atoms with Crippen LogP contribution in [0.4, 0.5) is 0 Å². The summed E-state index contributed by atoms with van der Waals surface area (Å²) >= 11 is 7.72. The largest absolute Gasteiger partial charge is 0.497 e. The van der Waals surface area contributed by atoms with Gasteiger partial charge in [-0.25, -0.2) is 0 Å². The van der Waals surface area contributed by atoms with Gasteiger partial charge in [0.1, 0.15) is 18.1 Å². The second kappa shape index (κ2) is 10.7. The summed E-state index contributed by atoms with van der Waals surface area (Å²) in [6.45, 7) is 7.84. The van der Waals surface area contributed by atoms with Crippen LogP contribution >= 0.6 is 23.4 Å². The summed E-state index contributed by atoms with van der Waals surface area (Å²) in [4.78, 5) is 12.4. The molecule has 0 bridgehead atoms. The lowest BCUT2D eigenvalue weighted by Crippen LogP contribution is -2.36. The van der Waals surface area contributed by atoms with Crippen molar-refractivity contribution in [1.82, 2.24) is 20.1 Å². The Bertz CT molecular complexity index is 1070. The van der Waals surface area contributed by atoms with E-state index in [1.54, 1.807) is 7.11 Å². The smallest absolute Gasteiger partial charge is 0.233 e. The van der Waals surface area contributed by atoms with Gasteiger partial charge in [0.25, 0.3) is 0 Å². The number of methoxy groups -OCH3 is 1. The van der Waals surface area contributed by atoms with Crippen molar-refractivity contribution in [3.63, 3.8) is 0 Å². The highest BCUT2D eigenvalue weighted by Gasteiger charge is 2.22. The summed E-state index contributed by atoms with van der Waals surface area (Å²) in [5.74, 6) is 1.97. The van der Waals surface area contributed by atoms with Gasteiger partial charge in [-0.05, 0) is 69.7 Å². The number of benzene rings is 2. The average molecular weight is 475 g/mol.